The second-order valence-electron chi connectivity index (χ2n) is 12.7. The van der Waals surface area contributed by atoms with E-state index < -0.39 is 61.5 Å². The van der Waals surface area contributed by atoms with Crippen LogP contribution in [0.5, 0.6) is 0 Å². The van der Waals surface area contributed by atoms with E-state index in [0.29, 0.717) is 17.7 Å². The minimum Gasteiger partial charge on any atom is -0.481 e. The number of sulfone groups is 1. The number of carbonyl (C=O) groups is 2. The van der Waals surface area contributed by atoms with Crippen molar-refractivity contribution in [3.63, 3.8) is 0 Å². The molecule has 5 rings (SSSR count). The molecule has 1 aliphatic heterocycles. The molecule has 1 N–H and O–H groups in total. The normalized spacial score (nSPS) is 27.5. The third-order valence-electron chi connectivity index (χ3n) is 10.1. The minimum absolute atomic E-state index is 0.0637. The van der Waals surface area contributed by atoms with Gasteiger partial charge in [-0.2, -0.15) is 26.3 Å². The number of benzene rings is 2. The molecule has 0 spiro atoms. The molecule has 45 heavy (non-hydrogen) atoms. The third kappa shape index (κ3) is 4.93. The Morgan fingerprint density at radius 3 is 2.09 bits per heavy atom. The fourth-order valence-corrected chi connectivity index (χ4v) is 10.00. The van der Waals surface area contributed by atoms with Gasteiger partial charge in [-0.05, 0) is 80.7 Å². The molecule has 2 aliphatic carbocycles. The fraction of sp³-hybridized carbons (Fsp3) is 0.548. The number of nitrogens with zero attached hydrogens (tertiary/aromatic N) is 1. The number of amides is 1. The highest BCUT2D eigenvalue weighted by Crippen LogP contribution is 2.57. The van der Waals surface area contributed by atoms with Gasteiger partial charge in [0.15, 0.2) is 9.84 Å². The molecule has 14 heteroatoms. The third-order valence-corrected chi connectivity index (χ3v) is 12.6. The van der Waals surface area contributed by atoms with E-state index in [9.17, 15) is 49.5 Å². The summed E-state index contributed by atoms with van der Waals surface area (Å²) in [5, 5.41) is 9.41. The van der Waals surface area contributed by atoms with Crippen LogP contribution in [0.15, 0.2) is 47.4 Å². The van der Waals surface area contributed by atoms with E-state index in [1.54, 1.807) is 19.9 Å². The van der Waals surface area contributed by atoms with Crippen molar-refractivity contribution in [2.24, 2.45) is 11.3 Å². The van der Waals surface area contributed by atoms with Gasteiger partial charge in [0, 0.05) is 17.5 Å². The Labute approximate surface area is 255 Å². The van der Waals surface area contributed by atoms with Crippen LogP contribution < -0.4 is 0 Å². The first-order valence-electron chi connectivity index (χ1n) is 14.5. The lowest BCUT2D eigenvalue weighted by Gasteiger charge is -2.45. The number of alkyl halides is 7. The number of hydrogen-bond donors (Lipinski definition) is 1. The van der Waals surface area contributed by atoms with Crippen LogP contribution in [-0.2, 0) is 36.3 Å². The van der Waals surface area contributed by atoms with Gasteiger partial charge >= 0.3 is 24.0 Å². The summed E-state index contributed by atoms with van der Waals surface area (Å²) < 4.78 is 124. The molecular weight excluding hydrogens is 631 g/mol. The number of halogens is 7. The number of hydrogen-bond acceptors (Lipinski definition) is 4. The van der Waals surface area contributed by atoms with Crippen LogP contribution in [0.25, 0.3) is 0 Å². The lowest BCUT2D eigenvalue weighted by Crippen LogP contribution is -2.55. The molecule has 1 saturated heterocycles. The smallest absolute Gasteiger partial charge is 0.435 e. The van der Waals surface area contributed by atoms with Gasteiger partial charge in [-0.3, -0.25) is 9.59 Å². The quantitative estimate of drug-likeness (QED) is 0.356. The molecule has 1 heterocycles. The first kappa shape index (κ1) is 33.2. The molecule has 246 valence electrons. The average molecular weight is 664 g/mol. The van der Waals surface area contributed by atoms with Gasteiger partial charge in [-0.15, -0.1) is 0 Å². The van der Waals surface area contributed by atoms with Gasteiger partial charge in [-0.25, -0.2) is 12.8 Å². The predicted octanol–water partition coefficient (Wildman–Crippen LogP) is 6.78. The summed E-state index contributed by atoms with van der Waals surface area (Å²) >= 11 is 0. The maximum atomic E-state index is 15.1. The Balaban J connectivity index is 1.65. The molecule has 2 unspecified atom stereocenters. The van der Waals surface area contributed by atoms with Crippen LogP contribution >= 0.6 is 0 Å². The van der Waals surface area contributed by atoms with Crippen molar-refractivity contribution in [1.82, 2.24) is 4.90 Å². The topological polar surface area (TPSA) is 91.8 Å². The Morgan fingerprint density at radius 1 is 0.911 bits per heavy atom. The van der Waals surface area contributed by atoms with Crippen LogP contribution in [0.1, 0.15) is 67.7 Å². The summed E-state index contributed by atoms with van der Waals surface area (Å²) in [7, 11) is -4.45. The maximum absolute atomic E-state index is 15.1. The lowest BCUT2D eigenvalue weighted by molar-refractivity contribution is -0.348. The summed E-state index contributed by atoms with van der Waals surface area (Å²) in [5.74, 6) is -1.96. The Kier molecular flexibility index (Phi) is 7.90. The monoisotopic (exact) mass is 663 g/mol. The van der Waals surface area contributed by atoms with Crippen molar-refractivity contribution < 1.29 is 53.8 Å². The molecule has 2 atom stereocenters. The van der Waals surface area contributed by atoms with E-state index in [2.05, 4.69) is 0 Å². The number of aryl methyl sites for hydroxylation is 2. The van der Waals surface area contributed by atoms with Crippen molar-refractivity contribution >= 4 is 21.7 Å². The number of aliphatic carboxylic acids is 1. The van der Waals surface area contributed by atoms with Gasteiger partial charge < -0.3 is 10.0 Å². The summed E-state index contributed by atoms with van der Waals surface area (Å²) in [5.41, 5.74) is -8.02. The number of carboxylic acid groups (broad SMARTS) is 1. The summed E-state index contributed by atoms with van der Waals surface area (Å²) in [6.45, 7) is 3.29. The average Bonchev–Trinajstić information content (AvgIpc) is 3.36. The number of fused-ring (bicyclic) bond motifs is 3. The van der Waals surface area contributed by atoms with Gasteiger partial charge in [-0.1, -0.05) is 37.3 Å². The molecule has 0 radical (unpaired) electrons. The second kappa shape index (κ2) is 10.7. The predicted molar refractivity (Wildman–Crippen MR) is 148 cm³/mol. The molecule has 2 aromatic carbocycles. The van der Waals surface area contributed by atoms with Crippen molar-refractivity contribution in [2.75, 3.05) is 6.54 Å². The van der Waals surface area contributed by atoms with Crippen molar-refractivity contribution in [2.45, 2.75) is 92.5 Å². The molecule has 2 fully saturated rings. The first-order valence-corrected chi connectivity index (χ1v) is 16.0. The number of rotatable bonds is 5. The van der Waals surface area contributed by atoms with Gasteiger partial charge in [0.05, 0.1) is 16.9 Å². The van der Waals surface area contributed by atoms with Crippen LogP contribution in [0.2, 0.25) is 0 Å². The zero-order chi connectivity index (χ0) is 33.4. The van der Waals surface area contributed by atoms with Crippen LogP contribution in [0.4, 0.5) is 30.7 Å². The van der Waals surface area contributed by atoms with Crippen molar-refractivity contribution in [3.05, 3.63) is 64.7 Å². The van der Waals surface area contributed by atoms with Gasteiger partial charge in [0.2, 0.25) is 5.91 Å². The first-order chi connectivity index (χ1) is 20.7. The molecule has 0 bridgehead atoms. The Morgan fingerprint density at radius 2 is 1.53 bits per heavy atom. The number of carbonyl (C=O) groups excluding carboxylic acids is 1. The largest absolute Gasteiger partial charge is 0.481 e. The molecule has 1 saturated carbocycles. The number of likely N-dealkylation sites (tertiary alicyclic amines) is 1. The Hall–Kier alpha value is -3.16. The van der Waals surface area contributed by atoms with E-state index in [1.165, 1.54) is 23.1 Å². The fourth-order valence-electron chi connectivity index (χ4n) is 7.53. The van der Waals surface area contributed by atoms with Crippen molar-refractivity contribution in [3.8, 4) is 0 Å². The summed E-state index contributed by atoms with van der Waals surface area (Å²) in [6.07, 6.45) is -12.2. The summed E-state index contributed by atoms with van der Waals surface area (Å²) in [4.78, 5) is 26.9. The Bertz CT molecular complexity index is 1620. The SMILES string of the molecule is Cc1cccc(S(=O)(=O)C23CCN(C(=O)C4(C)CCC(C(=O)O)CC4)C2CCc2cc(C(F)(C(F)(F)F)C(F)(F)F)ccc23)c1. The molecule has 0 aromatic heterocycles. The van der Waals surface area contributed by atoms with E-state index in [-0.39, 0.29) is 73.4 Å². The standard InChI is InChI=1S/C31H32F7NO5S/c1-18-4-3-5-22(16-18)45(43,44)28-14-15-39(26(42)27(2)12-10-19(11-13-27)25(40)41)24(28)9-6-20-17-21(7-8-23(20)28)29(32,30(33,34)35)31(36,37)38/h3-5,7-8,16-17,19,24H,6,9-15H2,1-2H3,(H,40,41). The van der Waals surface area contributed by atoms with E-state index >= 15 is 4.39 Å². The van der Waals surface area contributed by atoms with Crippen LogP contribution in [-0.4, -0.2) is 55.2 Å². The highest BCUT2D eigenvalue weighted by Gasteiger charge is 2.74. The molecular formula is C31H32F7NO5S. The minimum atomic E-state index is -6.34. The zero-order valence-corrected chi connectivity index (χ0v) is 25.3. The van der Waals surface area contributed by atoms with Crippen LogP contribution in [0.3, 0.4) is 0 Å². The summed E-state index contributed by atoms with van der Waals surface area (Å²) in [6, 6.07) is 6.52. The van der Waals surface area contributed by atoms with E-state index in [4.69, 9.17) is 0 Å². The van der Waals surface area contributed by atoms with E-state index in [0.717, 1.165) is 6.07 Å². The zero-order valence-electron chi connectivity index (χ0n) is 24.4. The highest BCUT2D eigenvalue weighted by molar-refractivity contribution is 7.92. The number of carboxylic acids is 1. The molecule has 6 nitrogen and oxygen atoms in total. The van der Waals surface area contributed by atoms with Crippen molar-refractivity contribution in [1.29, 1.82) is 0 Å². The highest BCUT2D eigenvalue weighted by atomic mass is 32.2. The lowest BCUT2D eigenvalue weighted by atomic mass is 9.70. The molecule has 1 amide bonds. The second-order valence-corrected chi connectivity index (χ2v) is 14.9. The van der Waals surface area contributed by atoms with E-state index in [1.807, 2.05) is 0 Å². The molecule has 2 aromatic rings. The maximum Gasteiger partial charge on any atom is 0.435 e. The van der Waals surface area contributed by atoms with Gasteiger partial charge in [0.1, 0.15) is 4.75 Å². The molecule has 3 aliphatic rings. The van der Waals surface area contributed by atoms with Crippen LogP contribution in [0, 0.1) is 18.3 Å². The van der Waals surface area contributed by atoms with Gasteiger partial charge in [0.25, 0.3) is 0 Å².